The molecule has 0 aliphatic rings. The maximum absolute atomic E-state index is 5.30. The second-order valence-electron chi connectivity index (χ2n) is 4.69. The van der Waals surface area contributed by atoms with Crippen molar-refractivity contribution in [2.75, 3.05) is 0 Å². The average Bonchev–Trinajstić information content (AvgIpc) is 2.38. The van der Waals surface area contributed by atoms with Crippen molar-refractivity contribution in [1.29, 1.82) is 0 Å². The van der Waals surface area contributed by atoms with Crippen LogP contribution in [0, 0.1) is 11.6 Å². The van der Waals surface area contributed by atoms with Crippen LogP contribution in [0.2, 0.25) is 0 Å². The van der Waals surface area contributed by atoms with Crippen LogP contribution in [0.3, 0.4) is 0 Å². The van der Waals surface area contributed by atoms with Crippen molar-refractivity contribution in [3.63, 3.8) is 0 Å². The third kappa shape index (κ3) is 3.74. The van der Waals surface area contributed by atoms with E-state index in [1.54, 1.807) is 0 Å². The Labute approximate surface area is 127 Å². The number of benzene rings is 1. The first-order chi connectivity index (χ1) is 9.10. The third-order valence-corrected chi connectivity index (χ3v) is 4.39. The molecule has 0 unspecified atom stereocenters. The van der Waals surface area contributed by atoms with Crippen LogP contribution in [0.1, 0.15) is 36.0 Å². The van der Waals surface area contributed by atoms with Gasteiger partial charge in [0.05, 0.1) is 4.47 Å². The highest BCUT2D eigenvalue weighted by Crippen LogP contribution is 2.18. The molecule has 0 saturated carbocycles. The molecule has 1 aromatic heterocycles. The largest absolute Gasteiger partial charge is 0.346 e. The van der Waals surface area contributed by atoms with E-state index in [4.69, 9.17) is 12.2 Å². The molecule has 0 saturated heterocycles. The Kier molecular flexibility index (Phi) is 4.88. The Morgan fingerprint density at radius 1 is 1.26 bits per heavy atom. The minimum atomic E-state index is 0.643. The van der Waals surface area contributed by atoms with Gasteiger partial charge in [0.15, 0.2) is 0 Å². The summed E-state index contributed by atoms with van der Waals surface area (Å²) in [5.74, 6) is 0.931. The van der Waals surface area contributed by atoms with E-state index in [1.165, 1.54) is 11.1 Å². The molecule has 4 heteroatoms. The Bertz CT molecular complexity index is 617. The molecule has 2 nitrogen and oxygen atoms in total. The summed E-state index contributed by atoms with van der Waals surface area (Å²) in [4.78, 5) is 7.84. The zero-order valence-electron chi connectivity index (χ0n) is 11.2. The van der Waals surface area contributed by atoms with Gasteiger partial charge >= 0.3 is 0 Å². The quantitative estimate of drug-likeness (QED) is 0.816. The van der Waals surface area contributed by atoms with Crippen LogP contribution >= 0.6 is 28.1 Å². The fourth-order valence-electron chi connectivity index (χ4n) is 1.96. The molecule has 1 heterocycles. The number of nitrogens with zero attached hydrogens (tertiary/aromatic N) is 1. The van der Waals surface area contributed by atoms with E-state index in [0.717, 1.165) is 35.3 Å². The first-order valence-corrected chi connectivity index (χ1v) is 7.63. The zero-order valence-corrected chi connectivity index (χ0v) is 13.6. The summed E-state index contributed by atoms with van der Waals surface area (Å²) in [5.41, 5.74) is 3.66. The molecule has 0 aliphatic heterocycles. The number of aromatic nitrogens is 2. The lowest BCUT2D eigenvalue weighted by Crippen LogP contribution is -2.02. The van der Waals surface area contributed by atoms with Crippen molar-refractivity contribution in [2.45, 2.75) is 33.1 Å². The highest BCUT2D eigenvalue weighted by Gasteiger charge is 2.06. The summed E-state index contributed by atoms with van der Waals surface area (Å²) in [6.07, 6.45) is 2.85. The maximum atomic E-state index is 5.30. The molecule has 0 fully saturated rings. The second-order valence-corrected chi connectivity index (χ2v) is 5.87. The summed E-state index contributed by atoms with van der Waals surface area (Å²) in [6, 6.07) is 8.51. The molecule has 2 rings (SSSR count). The van der Waals surface area contributed by atoms with E-state index in [0.29, 0.717) is 4.64 Å². The van der Waals surface area contributed by atoms with Crippen molar-refractivity contribution in [2.24, 2.45) is 0 Å². The summed E-state index contributed by atoms with van der Waals surface area (Å²) in [6.45, 7) is 4.25. The summed E-state index contributed by atoms with van der Waals surface area (Å²) >= 11 is 8.81. The van der Waals surface area contributed by atoms with E-state index in [1.807, 2.05) is 0 Å². The topological polar surface area (TPSA) is 28.7 Å². The molecule has 1 N–H and O–H groups in total. The molecule has 0 bridgehead atoms. The Hall–Kier alpha value is -1.00. The Morgan fingerprint density at radius 2 is 1.95 bits per heavy atom. The molecular weight excluding hydrogens is 320 g/mol. The molecule has 0 atom stereocenters. The highest BCUT2D eigenvalue weighted by molar-refractivity contribution is 9.10. The van der Waals surface area contributed by atoms with E-state index in [-0.39, 0.29) is 0 Å². The predicted molar refractivity (Wildman–Crippen MR) is 85.1 cm³/mol. The molecule has 0 spiro atoms. The van der Waals surface area contributed by atoms with Gasteiger partial charge in [0, 0.05) is 12.1 Å². The number of aromatic amines is 1. The number of halogens is 1. The van der Waals surface area contributed by atoms with Gasteiger partial charge in [-0.15, -0.1) is 0 Å². The van der Waals surface area contributed by atoms with Gasteiger partial charge in [0.2, 0.25) is 0 Å². The summed E-state index contributed by atoms with van der Waals surface area (Å²) in [7, 11) is 0. The van der Waals surface area contributed by atoms with Gasteiger partial charge in [-0.1, -0.05) is 55.4 Å². The standard InChI is InChI=1S/C15H17BrN2S/c1-3-4-12-14(16)15(19)18-13(17-12)9-11-7-5-10(2)6-8-11/h5-8H,3-4,9H2,1-2H3,(H,17,18,19). The number of hydrogen-bond acceptors (Lipinski definition) is 2. The van der Waals surface area contributed by atoms with E-state index in [9.17, 15) is 0 Å². The minimum Gasteiger partial charge on any atom is -0.346 e. The van der Waals surface area contributed by atoms with Crippen LogP contribution in [0.25, 0.3) is 0 Å². The molecule has 1 aromatic carbocycles. The van der Waals surface area contributed by atoms with Gasteiger partial charge in [0.25, 0.3) is 0 Å². The van der Waals surface area contributed by atoms with Crippen molar-refractivity contribution >= 4 is 28.1 Å². The molecule has 2 aromatic rings. The van der Waals surface area contributed by atoms with Gasteiger partial charge < -0.3 is 4.98 Å². The van der Waals surface area contributed by atoms with Gasteiger partial charge in [-0.05, 0) is 34.8 Å². The van der Waals surface area contributed by atoms with Crippen LogP contribution < -0.4 is 0 Å². The van der Waals surface area contributed by atoms with Crippen molar-refractivity contribution in [1.82, 2.24) is 9.97 Å². The lowest BCUT2D eigenvalue weighted by molar-refractivity contribution is 0.829. The number of H-pyrrole nitrogens is 1. The number of nitrogens with one attached hydrogen (secondary N) is 1. The monoisotopic (exact) mass is 336 g/mol. The van der Waals surface area contributed by atoms with E-state index >= 15 is 0 Å². The minimum absolute atomic E-state index is 0.643. The second kappa shape index (κ2) is 6.44. The van der Waals surface area contributed by atoms with Crippen LogP contribution in [-0.4, -0.2) is 9.97 Å². The third-order valence-electron chi connectivity index (χ3n) is 2.98. The lowest BCUT2D eigenvalue weighted by atomic mass is 10.1. The first-order valence-electron chi connectivity index (χ1n) is 6.43. The number of rotatable bonds is 4. The van der Waals surface area contributed by atoms with E-state index < -0.39 is 0 Å². The fraction of sp³-hybridized carbons (Fsp3) is 0.333. The van der Waals surface area contributed by atoms with Gasteiger partial charge in [-0.25, -0.2) is 4.98 Å². The maximum Gasteiger partial charge on any atom is 0.144 e. The van der Waals surface area contributed by atoms with Crippen molar-refractivity contribution in [3.05, 3.63) is 56.0 Å². The van der Waals surface area contributed by atoms with Crippen LogP contribution in [0.5, 0.6) is 0 Å². The zero-order chi connectivity index (χ0) is 13.8. The average molecular weight is 337 g/mol. The normalized spacial score (nSPS) is 10.7. The molecule has 0 amide bonds. The highest BCUT2D eigenvalue weighted by atomic mass is 79.9. The number of aryl methyl sites for hydroxylation is 2. The van der Waals surface area contributed by atoms with Crippen LogP contribution in [-0.2, 0) is 12.8 Å². The van der Waals surface area contributed by atoms with Gasteiger partial charge in [0.1, 0.15) is 10.5 Å². The molecular formula is C15H17BrN2S. The lowest BCUT2D eigenvalue weighted by Gasteiger charge is -2.08. The summed E-state index contributed by atoms with van der Waals surface area (Å²) in [5, 5.41) is 0. The predicted octanol–water partition coefficient (Wildman–Crippen LogP) is 4.75. The SMILES string of the molecule is CCCc1[nH]c(Cc2ccc(C)cc2)nc(=S)c1Br. The van der Waals surface area contributed by atoms with Crippen molar-refractivity contribution in [3.8, 4) is 0 Å². The first kappa shape index (κ1) is 14.4. The van der Waals surface area contributed by atoms with Crippen LogP contribution in [0.4, 0.5) is 0 Å². The smallest absolute Gasteiger partial charge is 0.144 e. The fourth-order valence-corrected chi connectivity index (χ4v) is 2.58. The molecule has 100 valence electrons. The van der Waals surface area contributed by atoms with E-state index in [2.05, 4.69) is 64.0 Å². The Morgan fingerprint density at radius 3 is 2.58 bits per heavy atom. The molecule has 19 heavy (non-hydrogen) atoms. The van der Waals surface area contributed by atoms with Gasteiger partial charge in [-0.3, -0.25) is 0 Å². The molecule has 0 radical (unpaired) electrons. The van der Waals surface area contributed by atoms with Gasteiger partial charge in [-0.2, -0.15) is 0 Å². The number of hydrogen-bond donors (Lipinski definition) is 1. The Balaban J connectivity index is 2.30. The van der Waals surface area contributed by atoms with Crippen molar-refractivity contribution < 1.29 is 0 Å². The molecule has 0 aliphatic carbocycles. The van der Waals surface area contributed by atoms with Crippen LogP contribution in [0.15, 0.2) is 28.7 Å². The summed E-state index contributed by atoms with van der Waals surface area (Å²) < 4.78 is 1.57.